The summed E-state index contributed by atoms with van der Waals surface area (Å²) in [7, 11) is 0. The third-order valence-electron chi connectivity index (χ3n) is 4.30. The fourth-order valence-corrected chi connectivity index (χ4v) is 2.98. The molecule has 1 fully saturated rings. The van der Waals surface area contributed by atoms with Gasteiger partial charge in [-0.05, 0) is 55.7 Å². The number of benzene rings is 1. The molecule has 0 heterocycles. The molecule has 2 N–H and O–H groups in total. The first-order valence-corrected chi connectivity index (χ1v) is 7.03. The molecule has 6 heteroatoms. The quantitative estimate of drug-likeness (QED) is 0.832. The van der Waals surface area contributed by atoms with E-state index in [-0.39, 0.29) is 24.8 Å². The molecule has 1 unspecified atom stereocenters. The fraction of sp³-hybridized carbons (Fsp3) is 0.600. The second-order valence-corrected chi connectivity index (χ2v) is 5.77. The molecule has 0 radical (unpaired) electrons. The Kier molecular flexibility index (Phi) is 4.86. The maximum Gasteiger partial charge on any atom is 0.391 e. The van der Waals surface area contributed by atoms with Crippen molar-refractivity contribution in [2.75, 3.05) is 0 Å². The highest BCUT2D eigenvalue weighted by molar-refractivity contribution is 5.19. The van der Waals surface area contributed by atoms with Gasteiger partial charge in [0.1, 0.15) is 0 Å². The fourth-order valence-electron chi connectivity index (χ4n) is 2.98. The summed E-state index contributed by atoms with van der Waals surface area (Å²) in [6.07, 6.45) is -2.74. The summed E-state index contributed by atoms with van der Waals surface area (Å²) >= 11 is 0. The van der Waals surface area contributed by atoms with Gasteiger partial charge in [-0.1, -0.05) is 6.07 Å². The van der Waals surface area contributed by atoms with Crippen molar-refractivity contribution in [3.8, 4) is 0 Å². The van der Waals surface area contributed by atoms with E-state index in [0.717, 1.165) is 12.1 Å². The molecule has 118 valence electrons. The second kappa shape index (κ2) is 6.30. The van der Waals surface area contributed by atoms with Gasteiger partial charge in [-0.25, -0.2) is 8.78 Å². The minimum atomic E-state index is -4.13. The summed E-state index contributed by atoms with van der Waals surface area (Å²) in [6, 6.07) is 3.26. The number of nitrogens with two attached hydrogens (primary N) is 1. The van der Waals surface area contributed by atoms with Gasteiger partial charge in [0.2, 0.25) is 0 Å². The van der Waals surface area contributed by atoms with Gasteiger partial charge in [-0.2, -0.15) is 13.2 Å². The molecule has 1 aromatic carbocycles. The lowest BCUT2D eigenvalue weighted by molar-refractivity contribution is -0.184. The van der Waals surface area contributed by atoms with Crippen LogP contribution < -0.4 is 5.73 Å². The highest BCUT2D eigenvalue weighted by atomic mass is 19.4. The molecule has 1 aliphatic rings. The van der Waals surface area contributed by atoms with Crippen molar-refractivity contribution in [2.45, 2.75) is 44.3 Å². The SMILES string of the molecule is NC(Cc1ccc(F)c(F)c1)C1CCC(C(F)(F)F)CC1. The monoisotopic (exact) mass is 307 g/mol. The van der Waals surface area contributed by atoms with Gasteiger partial charge in [0.15, 0.2) is 11.6 Å². The van der Waals surface area contributed by atoms with Gasteiger partial charge in [0, 0.05) is 6.04 Å². The first kappa shape index (κ1) is 16.2. The summed E-state index contributed by atoms with van der Waals surface area (Å²) in [5, 5.41) is 0. The third kappa shape index (κ3) is 4.15. The number of hydrogen-bond acceptors (Lipinski definition) is 1. The Hall–Kier alpha value is -1.17. The minimum absolute atomic E-state index is 0.00304. The Morgan fingerprint density at radius 3 is 2.19 bits per heavy atom. The molecule has 1 aromatic rings. The predicted molar refractivity (Wildman–Crippen MR) is 69.5 cm³/mol. The second-order valence-electron chi connectivity index (χ2n) is 5.77. The van der Waals surface area contributed by atoms with Gasteiger partial charge in [0.25, 0.3) is 0 Å². The average Bonchev–Trinajstić information content (AvgIpc) is 2.42. The van der Waals surface area contributed by atoms with Crippen molar-refractivity contribution in [1.29, 1.82) is 0 Å². The lowest BCUT2D eigenvalue weighted by Gasteiger charge is -2.33. The van der Waals surface area contributed by atoms with E-state index < -0.39 is 23.7 Å². The zero-order chi connectivity index (χ0) is 15.6. The molecule has 0 aliphatic heterocycles. The summed E-state index contributed by atoms with van der Waals surface area (Å²) in [4.78, 5) is 0. The van der Waals surface area contributed by atoms with Gasteiger partial charge in [-0.3, -0.25) is 0 Å². The summed E-state index contributed by atoms with van der Waals surface area (Å²) in [5.74, 6) is -3.08. The first-order valence-electron chi connectivity index (χ1n) is 7.03. The van der Waals surface area contributed by atoms with Crippen LogP contribution in [-0.4, -0.2) is 12.2 Å². The average molecular weight is 307 g/mol. The molecule has 0 amide bonds. The molecule has 1 saturated carbocycles. The molecular formula is C15H18F5N. The van der Waals surface area contributed by atoms with Gasteiger partial charge in [-0.15, -0.1) is 0 Å². The maximum atomic E-state index is 13.1. The van der Waals surface area contributed by atoms with Crippen LogP contribution in [0.25, 0.3) is 0 Å². The standard InChI is InChI=1S/C15H18F5N/c16-12-6-1-9(7-13(12)17)8-14(21)10-2-4-11(5-3-10)15(18,19)20/h1,6-7,10-11,14H,2-5,8,21H2. The van der Waals surface area contributed by atoms with Gasteiger partial charge < -0.3 is 5.73 Å². The molecule has 0 bridgehead atoms. The van der Waals surface area contributed by atoms with Crippen LogP contribution in [0.2, 0.25) is 0 Å². The third-order valence-corrected chi connectivity index (χ3v) is 4.30. The van der Waals surface area contributed by atoms with E-state index in [0.29, 0.717) is 24.8 Å². The molecule has 0 aromatic heterocycles. The molecular weight excluding hydrogens is 289 g/mol. The largest absolute Gasteiger partial charge is 0.391 e. The van der Waals surface area contributed by atoms with E-state index in [4.69, 9.17) is 5.73 Å². The predicted octanol–water partition coefficient (Wildman–Crippen LogP) is 4.20. The van der Waals surface area contributed by atoms with E-state index in [2.05, 4.69) is 0 Å². The van der Waals surface area contributed by atoms with E-state index in [9.17, 15) is 22.0 Å². The summed E-state index contributed by atoms with van der Waals surface area (Å²) in [5.41, 5.74) is 6.59. The smallest absolute Gasteiger partial charge is 0.327 e. The van der Waals surface area contributed by atoms with E-state index in [1.165, 1.54) is 6.07 Å². The maximum absolute atomic E-state index is 13.1. The molecule has 1 atom stereocenters. The van der Waals surface area contributed by atoms with Crippen molar-refractivity contribution < 1.29 is 22.0 Å². The topological polar surface area (TPSA) is 26.0 Å². The number of rotatable bonds is 3. The molecule has 21 heavy (non-hydrogen) atoms. The molecule has 0 saturated heterocycles. The molecule has 2 rings (SSSR count). The van der Waals surface area contributed by atoms with Gasteiger partial charge in [0.05, 0.1) is 5.92 Å². The Morgan fingerprint density at radius 1 is 1.05 bits per heavy atom. The Bertz CT molecular complexity index is 477. The van der Waals surface area contributed by atoms with Gasteiger partial charge >= 0.3 is 6.18 Å². The van der Waals surface area contributed by atoms with E-state index in [1.807, 2.05) is 0 Å². The number of hydrogen-bond donors (Lipinski definition) is 1. The van der Waals surface area contributed by atoms with Crippen molar-refractivity contribution in [3.63, 3.8) is 0 Å². The van der Waals surface area contributed by atoms with Crippen molar-refractivity contribution >= 4 is 0 Å². The van der Waals surface area contributed by atoms with Crippen LogP contribution in [0.1, 0.15) is 31.2 Å². The summed E-state index contributed by atoms with van der Waals surface area (Å²) < 4.78 is 63.7. The Labute approximate surface area is 120 Å². The van der Waals surface area contributed by atoms with E-state index >= 15 is 0 Å². The van der Waals surface area contributed by atoms with E-state index in [1.54, 1.807) is 0 Å². The zero-order valence-corrected chi connectivity index (χ0v) is 11.5. The summed E-state index contributed by atoms with van der Waals surface area (Å²) in [6.45, 7) is 0. The minimum Gasteiger partial charge on any atom is -0.327 e. The zero-order valence-electron chi connectivity index (χ0n) is 11.5. The molecule has 1 aliphatic carbocycles. The van der Waals surface area contributed by atoms with Crippen molar-refractivity contribution in [2.24, 2.45) is 17.6 Å². The Morgan fingerprint density at radius 2 is 1.67 bits per heavy atom. The number of halogens is 5. The van der Waals surface area contributed by atoms with Crippen molar-refractivity contribution in [3.05, 3.63) is 35.4 Å². The van der Waals surface area contributed by atoms with Crippen LogP contribution in [0.4, 0.5) is 22.0 Å². The first-order chi connectivity index (χ1) is 9.77. The molecule has 0 spiro atoms. The number of alkyl halides is 3. The normalized spacial score (nSPS) is 24.9. The Balaban J connectivity index is 1.90. The van der Waals surface area contributed by atoms with Crippen molar-refractivity contribution in [1.82, 2.24) is 0 Å². The van der Waals surface area contributed by atoms with Crippen LogP contribution in [0.5, 0.6) is 0 Å². The highest BCUT2D eigenvalue weighted by Crippen LogP contribution is 2.40. The van der Waals surface area contributed by atoms with Crippen LogP contribution in [-0.2, 0) is 6.42 Å². The molecule has 1 nitrogen and oxygen atoms in total. The highest BCUT2D eigenvalue weighted by Gasteiger charge is 2.42. The van der Waals surface area contributed by atoms with Crippen LogP contribution in [0.15, 0.2) is 18.2 Å². The van der Waals surface area contributed by atoms with Crippen LogP contribution in [0, 0.1) is 23.5 Å². The van der Waals surface area contributed by atoms with Crippen LogP contribution in [0.3, 0.4) is 0 Å². The lowest BCUT2D eigenvalue weighted by atomic mass is 9.77. The lowest BCUT2D eigenvalue weighted by Crippen LogP contribution is -2.37. The van der Waals surface area contributed by atoms with Crippen LogP contribution >= 0.6 is 0 Å².